The van der Waals surface area contributed by atoms with E-state index >= 15 is 0 Å². The van der Waals surface area contributed by atoms with Crippen LogP contribution < -0.4 is 5.32 Å². The Morgan fingerprint density at radius 2 is 2.04 bits per heavy atom. The molecule has 4 rings (SSSR count). The molecule has 2 fully saturated rings. The quantitative estimate of drug-likeness (QED) is 0.843. The summed E-state index contributed by atoms with van der Waals surface area (Å²) >= 11 is 1.78. The first-order valence-electron chi connectivity index (χ1n) is 10.00. The molecule has 1 aliphatic carbocycles. The lowest BCUT2D eigenvalue weighted by Gasteiger charge is -2.30. The molecule has 6 nitrogen and oxygen atoms in total. The van der Waals surface area contributed by atoms with Gasteiger partial charge in [-0.3, -0.25) is 4.90 Å². The third-order valence-corrected chi connectivity index (χ3v) is 6.95. The fourth-order valence-electron chi connectivity index (χ4n) is 4.11. The maximum atomic E-state index is 5.61. The molecular weight excluding hydrogens is 360 g/mol. The number of thiophene rings is 1. The SMILES string of the molecule is COC1CCCC(Nc2nc(CN3CCOCC3)nc3sc(C)c(C)c23)C1. The topological polar surface area (TPSA) is 59.5 Å². The Labute approximate surface area is 165 Å². The van der Waals surface area contributed by atoms with E-state index in [0.717, 1.165) is 62.2 Å². The Morgan fingerprint density at radius 3 is 2.81 bits per heavy atom. The molecular formula is C20H30N4O2S. The first kappa shape index (κ1) is 19.1. The van der Waals surface area contributed by atoms with Crippen molar-refractivity contribution in [2.45, 2.75) is 58.2 Å². The van der Waals surface area contributed by atoms with Gasteiger partial charge in [0.25, 0.3) is 0 Å². The second kappa shape index (κ2) is 8.39. The van der Waals surface area contributed by atoms with E-state index in [9.17, 15) is 0 Å². The van der Waals surface area contributed by atoms with Crippen LogP contribution in [-0.4, -0.2) is 60.4 Å². The second-order valence-electron chi connectivity index (χ2n) is 7.71. The molecule has 0 amide bonds. The van der Waals surface area contributed by atoms with E-state index in [2.05, 4.69) is 24.1 Å². The smallest absolute Gasteiger partial charge is 0.146 e. The lowest BCUT2D eigenvalue weighted by atomic mass is 9.93. The Hall–Kier alpha value is -1.28. The van der Waals surface area contributed by atoms with Gasteiger partial charge in [0, 0.05) is 31.1 Å². The van der Waals surface area contributed by atoms with Crippen LogP contribution in [0.25, 0.3) is 10.2 Å². The van der Waals surface area contributed by atoms with Gasteiger partial charge in [-0.25, -0.2) is 9.97 Å². The summed E-state index contributed by atoms with van der Waals surface area (Å²) in [5, 5.41) is 4.95. The molecule has 27 heavy (non-hydrogen) atoms. The first-order chi connectivity index (χ1) is 13.1. The molecule has 1 saturated heterocycles. The van der Waals surface area contributed by atoms with Crippen molar-refractivity contribution in [1.29, 1.82) is 0 Å². The Bertz CT molecular complexity index is 788. The van der Waals surface area contributed by atoms with Crippen molar-refractivity contribution in [3.63, 3.8) is 0 Å². The molecule has 3 heterocycles. The van der Waals surface area contributed by atoms with Crippen molar-refractivity contribution < 1.29 is 9.47 Å². The van der Waals surface area contributed by atoms with E-state index in [4.69, 9.17) is 19.4 Å². The summed E-state index contributed by atoms with van der Waals surface area (Å²) in [4.78, 5) is 14.7. The van der Waals surface area contributed by atoms with Crippen LogP contribution in [0.15, 0.2) is 0 Å². The van der Waals surface area contributed by atoms with E-state index in [1.807, 2.05) is 7.11 Å². The van der Waals surface area contributed by atoms with E-state index in [-0.39, 0.29) is 0 Å². The van der Waals surface area contributed by atoms with Crippen LogP contribution in [0.4, 0.5) is 5.82 Å². The van der Waals surface area contributed by atoms with Crippen LogP contribution in [0, 0.1) is 13.8 Å². The number of aryl methyl sites for hydroxylation is 2. The zero-order valence-corrected chi connectivity index (χ0v) is 17.4. The van der Waals surface area contributed by atoms with Gasteiger partial charge in [-0.2, -0.15) is 0 Å². The van der Waals surface area contributed by atoms with Crippen LogP contribution >= 0.6 is 11.3 Å². The highest BCUT2D eigenvalue weighted by molar-refractivity contribution is 7.18. The van der Waals surface area contributed by atoms with Gasteiger partial charge in [0.15, 0.2) is 0 Å². The van der Waals surface area contributed by atoms with E-state index in [1.54, 1.807) is 11.3 Å². The molecule has 2 atom stereocenters. The lowest BCUT2D eigenvalue weighted by molar-refractivity contribution is 0.0331. The highest BCUT2D eigenvalue weighted by Crippen LogP contribution is 2.35. The molecule has 0 bridgehead atoms. The molecule has 0 spiro atoms. The second-order valence-corrected chi connectivity index (χ2v) is 8.91. The first-order valence-corrected chi connectivity index (χ1v) is 10.8. The number of nitrogens with zero attached hydrogens (tertiary/aromatic N) is 3. The van der Waals surface area contributed by atoms with Crippen LogP contribution in [0.2, 0.25) is 0 Å². The zero-order valence-electron chi connectivity index (χ0n) is 16.6. The Morgan fingerprint density at radius 1 is 1.22 bits per heavy atom. The van der Waals surface area contributed by atoms with Crippen molar-refractivity contribution in [3.05, 3.63) is 16.3 Å². The van der Waals surface area contributed by atoms with E-state index in [0.29, 0.717) is 12.1 Å². The average molecular weight is 391 g/mol. The molecule has 2 aromatic heterocycles. The lowest BCUT2D eigenvalue weighted by Crippen LogP contribution is -2.36. The molecule has 7 heteroatoms. The van der Waals surface area contributed by atoms with Gasteiger partial charge in [-0.05, 0) is 45.1 Å². The number of nitrogens with one attached hydrogen (secondary N) is 1. The summed E-state index contributed by atoms with van der Waals surface area (Å²) in [6.45, 7) is 8.64. The summed E-state index contributed by atoms with van der Waals surface area (Å²) < 4.78 is 11.1. The van der Waals surface area contributed by atoms with Crippen LogP contribution in [0.5, 0.6) is 0 Å². The minimum absolute atomic E-state index is 0.353. The molecule has 1 aliphatic heterocycles. The molecule has 2 aliphatic rings. The molecule has 1 N–H and O–H groups in total. The largest absolute Gasteiger partial charge is 0.381 e. The van der Waals surface area contributed by atoms with Crippen LogP contribution in [0.3, 0.4) is 0 Å². The van der Waals surface area contributed by atoms with Gasteiger partial charge in [0.2, 0.25) is 0 Å². The number of hydrogen-bond acceptors (Lipinski definition) is 7. The number of morpholine rings is 1. The molecule has 1 saturated carbocycles. The van der Waals surface area contributed by atoms with E-state index < -0.39 is 0 Å². The molecule has 2 aromatic rings. The third kappa shape index (κ3) is 4.26. The van der Waals surface area contributed by atoms with Crippen molar-refractivity contribution in [3.8, 4) is 0 Å². The number of ether oxygens (including phenoxy) is 2. The maximum absolute atomic E-state index is 5.61. The average Bonchev–Trinajstić information content (AvgIpc) is 2.97. The monoisotopic (exact) mass is 390 g/mol. The summed E-state index contributed by atoms with van der Waals surface area (Å²) in [6, 6.07) is 0.414. The number of rotatable bonds is 5. The highest BCUT2D eigenvalue weighted by atomic mass is 32.1. The highest BCUT2D eigenvalue weighted by Gasteiger charge is 2.24. The normalized spacial score (nSPS) is 24.4. The number of methoxy groups -OCH3 is 1. The predicted molar refractivity (Wildman–Crippen MR) is 110 cm³/mol. The summed E-state index contributed by atoms with van der Waals surface area (Å²) in [7, 11) is 1.82. The summed E-state index contributed by atoms with van der Waals surface area (Å²) in [5.41, 5.74) is 1.30. The number of aromatic nitrogens is 2. The van der Waals surface area contributed by atoms with Gasteiger partial charge in [0.05, 0.1) is 31.2 Å². The number of fused-ring (bicyclic) bond motifs is 1. The van der Waals surface area contributed by atoms with Gasteiger partial charge in [-0.1, -0.05) is 0 Å². The van der Waals surface area contributed by atoms with Gasteiger partial charge in [0.1, 0.15) is 16.5 Å². The van der Waals surface area contributed by atoms with Gasteiger partial charge in [-0.15, -0.1) is 11.3 Å². The minimum atomic E-state index is 0.353. The van der Waals surface area contributed by atoms with Crippen molar-refractivity contribution in [1.82, 2.24) is 14.9 Å². The van der Waals surface area contributed by atoms with Crippen LogP contribution in [-0.2, 0) is 16.0 Å². The molecule has 148 valence electrons. The summed E-state index contributed by atoms with van der Waals surface area (Å²) in [5.74, 6) is 1.92. The molecule has 0 radical (unpaired) electrons. The molecule has 0 aromatic carbocycles. The Balaban J connectivity index is 1.62. The number of hydrogen-bond donors (Lipinski definition) is 1. The zero-order chi connectivity index (χ0) is 18.8. The fraction of sp³-hybridized carbons (Fsp3) is 0.700. The maximum Gasteiger partial charge on any atom is 0.146 e. The third-order valence-electron chi connectivity index (χ3n) is 5.84. The minimum Gasteiger partial charge on any atom is -0.381 e. The Kier molecular flexibility index (Phi) is 5.92. The van der Waals surface area contributed by atoms with Crippen molar-refractivity contribution in [2.24, 2.45) is 0 Å². The van der Waals surface area contributed by atoms with Crippen LogP contribution in [0.1, 0.15) is 41.9 Å². The van der Waals surface area contributed by atoms with Crippen molar-refractivity contribution >= 4 is 27.4 Å². The molecule has 2 unspecified atom stereocenters. The predicted octanol–water partition coefficient (Wildman–Crippen LogP) is 3.51. The number of anilines is 1. The van der Waals surface area contributed by atoms with Gasteiger partial charge >= 0.3 is 0 Å². The van der Waals surface area contributed by atoms with Gasteiger partial charge < -0.3 is 14.8 Å². The fourth-order valence-corrected chi connectivity index (χ4v) is 5.16. The van der Waals surface area contributed by atoms with E-state index in [1.165, 1.54) is 28.7 Å². The standard InChI is InChI=1S/C20H30N4O2S/c1-13-14(2)27-20-18(13)19(21-15-5-4-6-16(11-15)25-3)22-17(23-20)12-24-7-9-26-10-8-24/h15-16H,4-12H2,1-3H3,(H,21,22,23). The van der Waals surface area contributed by atoms with Crippen molar-refractivity contribution in [2.75, 3.05) is 38.7 Å². The summed E-state index contributed by atoms with van der Waals surface area (Å²) in [6.07, 6.45) is 4.93.